The summed E-state index contributed by atoms with van der Waals surface area (Å²) in [5.74, 6) is 0. The van der Waals surface area contributed by atoms with E-state index in [1.807, 2.05) is 72.8 Å². The van der Waals surface area contributed by atoms with Gasteiger partial charge in [0.25, 0.3) is 0 Å². The van der Waals surface area contributed by atoms with Gasteiger partial charge in [0, 0.05) is 8.95 Å². The highest BCUT2D eigenvalue weighted by molar-refractivity contribution is 9.11. The first-order valence-electron chi connectivity index (χ1n) is 32.0. The predicted molar refractivity (Wildman–Crippen MR) is 413 cm³/mol. The fraction of sp³-hybridized carbons (Fsp3) is 0. The molecule has 17 aromatic rings. The normalized spacial score (nSPS) is 11.2. The fourth-order valence-electron chi connectivity index (χ4n) is 13.9. The van der Waals surface area contributed by atoms with Crippen LogP contribution in [0.1, 0.15) is 0 Å². The van der Waals surface area contributed by atoms with Crippen LogP contribution in [0.3, 0.4) is 0 Å². The van der Waals surface area contributed by atoms with Gasteiger partial charge in [0.15, 0.2) is 0 Å². The van der Waals surface area contributed by atoms with E-state index in [4.69, 9.17) is 0 Å². The molecule has 5 heteroatoms. The molecule has 0 spiro atoms. The summed E-state index contributed by atoms with van der Waals surface area (Å²) < 4.78 is 2.22. The van der Waals surface area contributed by atoms with Gasteiger partial charge in [-0.1, -0.05) is 353 Å². The average Bonchev–Trinajstić information content (AvgIpc) is 0.751. The van der Waals surface area contributed by atoms with Gasteiger partial charge in [-0.3, -0.25) is 0 Å². The minimum Gasteiger partial charge on any atom is -0.423 e. The third kappa shape index (κ3) is 12.1. The first-order chi connectivity index (χ1) is 46.8. The monoisotopic (exact) mass is 1340 g/mol. The molecule has 0 saturated carbocycles. The molecule has 0 unspecified atom stereocenters. The summed E-state index contributed by atoms with van der Waals surface area (Å²) in [6.45, 7) is 0. The lowest BCUT2D eigenvalue weighted by atomic mass is 9.77. The minimum atomic E-state index is -1.50. The fourth-order valence-corrected chi connectivity index (χ4v) is 14.4. The molecule has 95 heavy (non-hydrogen) atoms. The van der Waals surface area contributed by atoms with Crippen LogP contribution in [0.25, 0.3) is 154 Å². The number of rotatable bonds is 9. The van der Waals surface area contributed by atoms with Crippen molar-refractivity contribution in [2.45, 2.75) is 0 Å². The third-order valence-corrected chi connectivity index (χ3v) is 19.2. The van der Waals surface area contributed by atoms with Crippen LogP contribution in [0, 0.1) is 0 Å². The van der Waals surface area contributed by atoms with Crippen LogP contribution < -0.4 is 5.46 Å². The Kier molecular flexibility index (Phi) is 17.2. The number of fused-ring (bicyclic) bond motifs is 6. The van der Waals surface area contributed by atoms with Crippen LogP contribution in [-0.2, 0) is 0 Å². The molecule has 17 rings (SSSR count). The highest BCUT2D eigenvalue weighted by Crippen LogP contribution is 2.48. The average molecular weight is 1350 g/mol. The van der Waals surface area contributed by atoms with Crippen molar-refractivity contribution in [2.24, 2.45) is 0 Å². The standard InChI is InChI=1S/C58H38.C26H19BO2.C6H4Br2/c1-5-17-41(18-6-1)55-47-25-13-15-27-49(47)57(43-21-9-3-10-22-43)53-37-45(33-35-51(53)55)39-29-31-40(32-30-39)46-34-36-52-54(38-46)58(44-23-11-4-12-24-44)50-28-16-14-26-48(50)56(52)42-19-7-2-8-20-42;28-27(29)20-15-16-23-24(17-20)26(19-11-5-2-6-12-19)22-14-8-7-13-21(22)25(23)18-9-3-1-4-10-18;7-5-1-2-6(8)4-3-5/h1-38H;1-17,28-29H;1-4H. The van der Waals surface area contributed by atoms with Gasteiger partial charge >= 0.3 is 7.12 Å². The van der Waals surface area contributed by atoms with Crippen molar-refractivity contribution in [3.05, 3.63) is 367 Å². The van der Waals surface area contributed by atoms with Crippen LogP contribution in [0.2, 0.25) is 0 Å². The molecule has 0 radical (unpaired) electrons. The molecule has 0 amide bonds. The van der Waals surface area contributed by atoms with Gasteiger partial charge in [0.05, 0.1) is 0 Å². The Bertz CT molecular complexity index is 5350. The maximum absolute atomic E-state index is 9.80. The van der Waals surface area contributed by atoms with E-state index in [0.717, 1.165) is 47.4 Å². The van der Waals surface area contributed by atoms with Crippen LogP contribution in [0.5, 0.6) is 0 Å². The second kappa shape index (κ2) is 27.1. The van der Waals surface area contributed by atoms with E-state index in [1.165, 1.54) is 115 Å². The molecule has 0 saturated heterocycles. The van der Waals surface area contributed by atoms with Gasteiger partial charge < -0.3 is 10.0 Å². The van der Waals surface area contributed by atoms with Crippen LogP contribution in [0.15, 0.2) is 367 Å². The Hall–Kier alpha value is -10.8. The molecule has 17 aromatic carbocycles. The van der Waals surface area contributed by atoms with Crippen molar-refractivity contribution in [3.8, 4) is 89.0 Å². The molecule has 0 atom stereocenters. The third-order valence-electron chi connectivity index (χ3n) is 18.1. The highest BCUT2D eigenvalue weighted by atomic mass is 79.9. The molecular formula is C90H61BBr2O2. The Morgan fingerprint density at radius 3 is 0.621 bits per heavy atom. The van der Waals surface area contributed by atoms with Gasteiger partial charge in [-0.2, -0.15) is 0 Å². The topological polar surface area (TPSA) is 40.5 Å². The number of benzene rings is 17. The second-order valence-corrected chi connectivity index (χ2v) is 25.6. The smallest absolute Gasteiger partial charge is 0.423 e. The van der Waals surface area contributed by atoms with E-state index in [0.29, 0.717) is 5.46 Å². The minimum absolute atomic E-state index is 0.490. The Balaban J connectivity index is 0.000000166. The summed E-state index contributed by atoms with van der Waals surface area (Å²) >= 11 is 6.65. The van der Waals surface area contributed by atoms with Gasteiger partial charge in [-0.05, 0) is 196 Å². The molecule has 2 N–H and O–H groups in total. The second-order valence-electron chi connectivity index (χ2n) is 23.8. The highest BCUT2D eigenvalue weighted by Gasteiger charge is 2.22. The van der Waals surface area contributed by atoms with Gasteiger partial charge in [-0.15, -0.1) is 0 Å². The molecule has 0 aliphatic heterocycles. The lowest BCUT2D eigenvalue weighted by molar-refractivity contribution is 0.426. The molecule has 0 aliphatic rings. The lowest BCUT2D eigenvalue weighted by Crippen LogP contribution is -2.29. The molecule has 0 fully saturated rings. The zero-order valence-corrected chi connectivity index (χ0v) is 55.0. The Morgan fingerprint density at radius 2 is 0.368 bits per heavy atom. The molecule has 0 aromatic heterocycles. The van der Waals surface area contributed by atoms with Crippen LogP contribution >= 0.6 is 31.9 Å². The quantitative estimate of drug-likeness (QED) is 0.112. The summed E-state index contributed by atoms with van der Waals surface area (Å²) in [6.07, 6.45) is 0. The largest absolute Gasteiger partial charge is 0.488 e. The van der Waals surface area contributed by atoms with Crippen molar-refractivity contribution in [3.63, 3.8) is 0 Å². The SMILES string of the molecule is Brc1ccc(Br)cc1.OB(O)c1ccc2c(-c3ccccc3)c3ccccc3c(-c3ccccc3)c2c1.c1ccc(-c2c3ccccc3c(-c3ccccc3)c3cc(-c4ccc(-c5ccc6c(-c7ccccc7)c7ccccc7c(-c7ccccc7)c6c5)cc4)ccc23)cc1. The zero-order valence-electron chi connectivity index (χ0n) is 51.8. The van der Waals surface area contributed by atoms with Crippen molar-refractivity contribution in [2.75, 3.05) is 0 Å². The number of halogens is 2. The Labute approximate surface area is 570 Å². The molecule has 0 heterocycles. The van der Waals surface area contributed by atoms with Crippen LogP contribution in [-0.4, -0.2) is 17.2 Å². The van der Waals surface area contributed by atoms with Gasteiger partial charge in [0.2, 0.25) is 0 Å². The lowest BCUT2D eigenvalue weighted by Gasteiger charge is -2.19. The summed E-state index contributed by atoms with van der Waals surface area (Å²) in [6, 6.07) is 127. The molecule has 0 bridgehead atoms. The maximum atomic E-state index is 9.80. The first-order valence-corrected chi connectivity index (χ1v) is 33.6. The van der Waals surface area contributed by atoms with Gasteiger partial charge in [0.1, 0.15) is 0 Å². The first kappa shape index (κ1) is 60.5. The van der Waals surface area contributed by atoms with Gasteiger partial charge in [-0.25, -0.2) is 0 Å². The Morgan fingerprint density at radius 1 is 0.168 bits per heavy atom. The maximum Gasteiger partial charge on any atom is 0.488 e. The zero-order chi connectivity index (χ0) is 64.2. The van der Waals surface area contributed by atoms with E-state index in [2.05, 4.69) is 311 Å². The molecule has 0 aliphatic carbocycles. The summed E-state index contributed by atoms with van der Waals surface area (Å²) in [4.78, 5) is 0. The van der Waals surface area contributed by atoms with Crippen molar-refractivity contribution < 1.29 is 10.0 Å². The van der Waals surface area contributed by atoms with Crippen molar-refractivity contribution in [1.82, 2.24) is 0 Å². The molecular weight excluding hydrogens is 1280 g/mol. The molecule has 2 nitrogen and oxygen atoms in total. The van der Waals surface area contributed by atoms with Crippen molar-refractivity contribution in [1.29, 1.82) is 0 Å². The van der Waals surface area contributed by atoms with Crippen molar-refractivity contribution >= 4 is 109 Å². The summed E-state index contributed by atoms with van der Waals surface area (Å²) in [7, 11) is -1.50. The van der Waals surface area contributed by atoms with E-state index in [-0.39, 0.29) is 0 Å². The van der Waals surface area contributed by atoms with E-state index < -0.39 is 7.12 Å². The number of hydrogen-bond donors (Lipinski definition) is 2. The van der Waals surface area contributed by atoms with Crippen LogP contribution in [0.4, 0.5) is 0 Å². The van der Waals surface area contributed by atoms with E-state index in [9.17, 15) is 10.0 Å². The van der Waals surface area contributed by atoms with E-state index in [1.54, 1.807) is 6.07 Å². The summed E-state index contributed by atoms with van der Waals surface area (Å²) in [5.41, 5.74) is 19.8. The predicted octanol–water partition coefficient (Wildman–Crippen LogP) is 24.5. The summed E-state index contributed by atoms with van der Waals surface area (Å²) in [5, 5.41) is 34.2. The van der Waals surface area contributed by atoms with E-state index >= 15 is 0 Å². The molecule has 450 valence electrons. The number of hydrogen-bond acceptors (Lipinski definition) is 2.